The van der Waals surface area contributed by atoms with Crippen LogP contribution in [-0.4, -0.2) is 53.3 Å². The number of likely N-dealkylation sites (N-methyl/N-ethyl adjacent to an activating group) is 1. The Morgan fingerprint density at radius 3 is 2.63 bits per heavy atom. The zero-order chi connectivity index (χ0) is 13.2. The highest BCUT2D eigenvalue weighted by atomic mass is 16.4. The van der Waals surface area contributed by atoms with Crippen molar-refractivity contribution in [2.45, 2.75) is 0 Å². The van der Waals surface area contributed by atoms with Gasteiger partial charge >= 0.3 is 6.01 Å². The second kappa shape index (κ2) is 4.85. The highest BCUT2D eigenvalue weighted by molar-refractivity contribution is 5.51. The SMILES string of the molecule is CN1CCN(c2nnc(-c3ccc(N)cn3)o2)CC1. The third-order valence-electron chi connectivity index (χ3n) is 3.19. The first-order valence-corrected chi connectivity index (χ1v) is 6.21. The van der Waals surface area contributed by atoms with Crippen molar-refractivity contribution in [2.75, 3.05) is 43.9 Å². The van der Waals surface area contributed by atoms with E-state index < -0.39 is 0 Å². The molecule has 0 unspecified atom stereocenters. The number of pyridine rings is 1. The van der Waals surface area contributed by atoms with Gasteiger partial charge < -0.3 is 20.0 Å². The number of hydrogen-bond acceptors (Lipinski definition) is 7. The summed E-state index contributed by atoms with van der Waals surface area (Å²) >= 11 is 0. The van der Waals surface area contributed by atoms with E-state index in [0.29, 0.717) is 23.3 Å². The molecule has 7 heteroatoms. The molecule has 1 aliphatic heterocycles. The van der Waals surface area contributed by atoms with E-state index in [1.807, 2.05) is 0 Å². The Bertz CT molecular complexity index is 544. The lowest BCUT2D eigenvalue weighted by atomic mass is 10.3. The molecule has 0 atom stereocenters. The number of hydrogen-bond donors (Lipinski definition) is 1. The lowest BCUT2D eigenvalue weighted by Crippen LogP contribution is -2.44. The van der Waals surface area contributed by atoms with E-state index in [1.54, 1.807) is 18.3 Å². The number of aromatic nitrogens is 3. The lowest BCUT2D eigenvalue weighted by Gasteiger charge is -2.30. The maximum absolute atomic E-state index is 5.67. The molecule has 1 fully saturated rings. The van der Waals surface area contributed by atoms with Crippen LogP contribution in [0.5, 0.6) is 0 Å². The Labute approximate surface area is 111 Å². The van der Waals surface area contributed by atoms with Crippen molar-refractivity contribution in [1.29, 1.82) is 0 Å². The summed E-state index contributed by atoms with van der Waals surface area (Å²) < 4.78 is 5.67. The number of piperazine rings is 1. The highest BCUT2D eigenvalue weighted by Crippen LogP contribution is 2.21. The lowest BCUT2D eigenvalue weighted by molar-refractivity contribution is 0.305. The second-order valence-electron chi connectivity index (χ2n) is 4.66. The predicted molar refractivity (Wildman–Crippen MR) is 71.7 cm³/mol. The number of anilines is 2. The standard InChI is InChI=1S/C12H16N6O/c1-17-4-6-18(7-5-17)12-16-15-11(19-12)10-3-2-9(13)8-14-10/h2-3,8H,4-7,13H2,1H3. The minimum absolute atomic E-state index is 0.425. The van der Waals surface area contributed by atoms with Gasteiger partial charge in [-0.1, -0.05) is 5.10 Å². The fourth-order valence-electron chi connectivity index (χ4n) is 1.98. The fourth-order valence-corrected chi connectivity index (χ4v) is 1.98. The van der Waals surface area contributed by atoms with Gasteiger partial charge in [-0.3, -0.25) is 0 Å². The van der Waals surface area contributed by atoms with E-state index in [-0.39, 0.29) is 0 Å². The molecule has 100 valence electrons. The number of nitrogens with two attached hydrogens (primary N) is 1. The molecule has 2 N–H and O–H groups in total. The average Bonchev–Trinajstić information content (AvgIpc) is 2.90. The van der Waals surface area contributed by atoms with Gasteiger partial charge in [0.15, 0.2) is 0 Å². The van der Waals surface area contributed by atoms with Crippen molar-refractivity contribution in [3.63, 3.8) is 0 Å². The van der Waals surface area contributed by atoms with Gasteiger partial charge in [0.1, 0.15) is 5.69 Å². The molecule has 2 aromatic heterocycles. The predicted octanol–water partition coefficient (Wildman–Crippen LogP) is 0.466. The summed E-state index contributed by atoms with van der Waals surface area (Å²) in [5.41, 5.74) is 6.85. The monoisotopic (exact) mass is 260 g/mol. The van der Waals surface area contributed by atoms with E-state index in [2.05, 4.69) is 32.0 Å². The molecule has 0 bridgehead atoms. The smallest absolute Gasteiger partial charge is 0.318 e. The van der Waals surface area contributed by atoms with Crippen LogP contribution in [0.4, 0.5) is 11.7 Å². The number of nitrogens with zero attached hydrogens (tertiary/aromatic N) is 5. The minimum atomic E-state index is 0.425. The van der Waals surface area contributed by atoms with Crippen LogP contribution in [0.2, 0.25) is 0 Å². The Balaban J connectivity index is 1.77. The summed E-state index contributed by atoms with van der Waals surface area (Å²) in [4.78, 5) is 8.54. The van der Waals surface area contributed by atoms with Crippen molar-refractivity contribution < 1.29 is 4.42 Å². The molecule has 3 rings (SSSR count). The molecule has 7 nitrogen and oxygen atoms in total. The molecule has 2 aromatic rings. The minimum Gasteiger partial charge on any atom is -0.402 e. The Hall–Kier alpha value is -2.15. The Kier molecular flexibility index (Phi) is 3.04. The quantitative estimate of drug-likeness (QED) is 0.839. The van der Waals surface area contributed by atoms with Gasteiger partial charge in [0, 0.05) is 26.2 Å². The van der Waals surface area contributed by atoms with E-state index in [9.17, 15) is 0 Å². The van der Waals surface area contributed by atoms with Crippen LogP contribution >= 0.6 is 0 Å². The average molecular weight is 260 g/mol. The summed E-state index contributed by atoms with van der Waals surface area (Å²) in [7, 11) is 2.11. The van der Waals surface area contributed by atoms with Crippen molar-refractivity contribution >= 4 is 11.7 Å². The Morgan fingerprint density at radius 1 is 1.16 bits per heavy atom. The fraction of sp³-hybridized carbons (Fsp3) is 0.417. The normalized spacial score (nSPS) is 16.8. The van der Waals surface area contributed by atoms with Crippen LogP contribution in [-0.2, 0) is 0 Å². The molecule has 0 aliphatic carbocycles. The summed E-state index contributed by atoms with van der Waals surface area (Å²) in [5, 5.41) is 8.12. The zero-order valence-corrected chi connectivity index (χ0v) is 10.8. The van der Waals surface area contributed by atoms with Gasteiger partial charge in [-0.15, -0.1) is 5.10 Å². The number of rotatable bonds is 2. The van der Waals surface area contributed by atoms with E-state index in [0.717, 1.165) is 26.2 Å². The summed E-state index contributed by atoms with van der Waals surface area (Å²) in [5.74, 6) is 0.425. The molecule has 0 aromatic carbocycles. The van der Waals surface area contributed by atoms with Gasteiger partial charge in [0.2, 0.25) is 0 Å². The Morgan fingerprint density at radius 2 is 1.95 bits per heavy atom. The van der Waals surface area contributed by atoms with E-state index >= 15 is 0 Å². The molecule has 19 heavy (non-hydrogen) atoms. The van der Waals surface area contributed by atoms with Crippen LogP contribution in [0, 0.1) is 0 Å². The first-order chi connectivity index (χ1) is 9.22. The number of nitrogen functional groups attached to an aromatic ring is 1. The molecule has 3 heterocycles. The van der Waals surface area contributed by atoms with Crippen LogP contribution < -0.4 is 10.6 Å². The maximum atomic E-state index is 5.67. The highest BCUT2D eigenvalue weighted by Gasteiger charge is 2.20. The molecule has 0 amide bonds. The molecule has 1 saturated heterocycles. The molecule has 1 aliphatic rings. The van der Waals surface area contributed by atoms with Crippen molar-refractivity contribution in [1.82, 2.24) is 20.1 Å². The van der Waals surface area contributed by atoms with E-state index in [4.69, 9.17) is 10.2 Å². The first kappa shape index (κ1) is 11.9. The molecule has 0 saturated carbocycles. The molecule has 0 radical (unpaired) electrons. The van der Waals surface area contributed by atoms with Crippen LogP contribution in [0.25, 0.3) is 11.6 Å². The van der Waals surface area contributed by atoms with Crippen LogP contribution in [0.1, 0.15) is 0 Å². The second-order valence-corrected chi connectivity index (χ2v) is 4.66. The van der Waals surface area contributed by atoms with Gasteiger partial charge in [0.25, 0.3) is 5.89 Å². The van der Waals surface area contributed by atoms with Crippen molar-refractivity contribution in [3.8, 4) is 11.6 Å². The molecular formula is C12H16N6O. The van der Waals surface area contributed by atoms with Gasteiger partial charge in [-0.25, -0.2) is 4.98 Å². The van der Waals surface area contributed by atoms with Gasteiger partial charge in [-0.2, -0.15) is 0 Å². The maximum Gasteiger partial charge on any atom is 0.318 e. The van der Waals surface area contributed by atoms with E-state index in [1.165, 1.54) is 0 Å². The first-order valence-electron chi connectivity index (χ1n) is 6.21. The van der Waals surface area contributed by atoms with Crippen LogP contribution in [0.3, 0.4) is 0 Å². The third kappa shape index (κ3) is 2.50. The summed E-state index contributed by atoms with van der Waals surface area (Å²) in [6.45, 7) is 3.79. The molecule has 0 spiro atoms. The summed E-state index contributed by atoms with van der Waals surface area (Å²) in [6.07, 6.45) is 1.58. The molecular weight excluding hydrogens is 244 g/mol. The largest absolute Gasteiger partial charge is 0.402 e. The third-order valence-corrected chi connectivity index (χ3v) is 3.19. The van der Waals surface area contributed by atoms with Crippen molar-refractivity contribution in [3.05, 3.63) is 18.3 Å². The van der Waals surface area contributed by atoms with Crippen molar-refractivity contribution in [2.24, 2.45) is 0 Å². The zero-order valence-electron chi connectivity index (χ0n) is 10.8. The van der Waals surface area contributed by atoms with Crippen LogP contribution in [0.15, 0.2) is 22.7 Å². The topological polar surface area (TPSA) is 84.3 Å². The summed E-state index contributed by atoms with van der Waals surface area (Å²) in [6, 6.07) is 4.10. The van der Waals surface area contributed by atoms with Gasteiger partial charge in [0.05, 0.1) is 11.9 Å². The van der Waals surface area contributed by atoms with Gasteiger partial charge in [-0.05, 0) is 19.2 Å².